The van der Waals surface area contributed by atoms with E-state index >= 15 is 0 Å². The van der Waals surface area contributed by atoms with Gasteiger partial charge in [0.15, 0.2) is 0 Å². The molecule has 2 aliphatic heterocycles. The van der Waals surface area contributed by atoms with Crippen LogP contribution in [0.15, 0.2) is 72.8 Å². The third-order valence-electron chi connectivity index (χ3n) is 7.48. The molecule has 3 aromatic carbocycles. The average molecular weight is 614 g/mol. The number of rotatable bonds is 10. The number of anilines is 3. The minimum atomic E-state index is -4.60. The van der Waals surface area contributed by atoms with Gasteiger partial charge < -0.3 is 26.4 Å². The molecule has 3 atom stereocenters. The van der Waals surface area contributed by atoms with E-state index in [9.17, 15) is 22.8 Å². The summed E-state index contributed by atoms with van der Waals surface area (Å²) in [5.41, 5.74) is 7.37. The molecule has 2 bridgehead atoms. The Morgan fingerprint density at radius 3 is 2.51 bits per heavy atom. The highest BCUT2D eigenvalue weighted by Gasteiger charge is 2.38. The highest BCUT2D eigenvalue weighted by atomic mass is 35.5. The molecular weight excluding hydrogens is 583 g/mol. The van der Waals surface area contributed by atoms with Crippen LogP contribution in [0.3, 0.4) is 0 Å². The van der Waals surface area contributed by atoms with Crippen LogP contribution >= 0.6 is 11.6 Å². The van der Waals surface area contributed by atoms with E-state index < -0.39 is 28.7 Å². The van der Waals surface area contributed by atoms with Gasteiger partial charge in [0, 0.05) is 37.4 Å². The van der Waals surface area contributed by atoms with Crippen LogP contribution in [-0.2, 0) is 20.5 Å². The summed E-state index contributed by atoms with van der Waals surface area (Å²) in [4.78, 5) is 28.1. The summed E-state index contributed by atoms with van der Waals surface area (Å²) in [6.07, 6.45) is -0.331. The summed E-state index contributed by atoms with van der Waals surface area (Å²) in [5.74, 6) is -0.803. The average Bonchev–Trinajstić information content (AvgIpc) is 3.59. The van der Waals surface area contributed by atoms with Gasteiger partial charge in [-0.2, -0.15) is 13.2 Å². The van der Waals surface area contributed by atoms with Gasteiger partial charge in [-0.3, -0.25) is 14.5 Å². The van der Waals surface area contributed by atoms with E-state index in [1.807, 2.05) is 0 Å². The van der Waals surface area contributed by atoms with E-state index in [4.69, 9.17) is 22.1 Å². The largest absolute Gasteiger partial charge is 0.417 e. The molecule has 3 aromatic rings. The minimum Gasteiger partial charge on any atom is -0.397 e. The monoisotopic (exact) mass is 613 g/mol. The van der Waals surface area contributed by atoms with E-state index in [1.165, 1.54) is 12.1 Å². The Kier molecular flexibility index (Phi) is 9.36. The van der Waals surface area contributed by atoms with Crippen molar-refractivity contribution in [2.75, 3.05) is 42.6 Å². The summed E-state index contributed by atoms with van der Waals surface area (Å²) in [6, 6.07) is 16.7. The second-order valence-electron chi connectivity index (χ2n) is 10.5. The highest BCUT2D eigenvalue weighted by Crippen LogP contribution is 2.36. The lowest BCUT2D eigenvalue weighted by Crippen LogP contribution is -2.43. The van der Waals surface area contributed by atoms with Crippen molar-refractivity contribution in [2.45, 2.75) is 30.8 Å². The number of nitrogens with zero attached hydrogens (tertiary/aromatic N) is 1. The Labute approximate surface area is 252 Å². The lowest BCUT2D eigenvalue weighted by Gasteiger charge is -2.27. The molecule has 1 unspecified atom stereocenters. The maximum Gasteiger partial charge on any atom is 0.417 e. The maximum atomic E-state index is 13.4. The number of likely N-dealkylation sites (tertiary alicyclic amines) is 1. The molecule has 0 aromatic heterocycles. The maximum absolute atomic E-state index is 13.4. The van der Waals surface area contributed by atoms with Gasteiger partial charge in [-0.15, -0.1) is 0 Å². The van der Waals surface area contributed by atoms with Gasteiger partial charge in [0.1, 0.15) is 6.04 Å². The third-order valence-corrected chi connectivity index (χ3v) is 7.79. The highest BCUT2D eigenvalue weighted by molar-refractivity contribution is 6.31. The van der Waals surface area contributed by atoms with Crippen molar-refractivity contribution in [3.8, 4) is 0 Å². The summed E-state index contributed by atoms with van der Waals surface area (Å²) >= 11 is 5.86. The molecule has 2 heterocycles. The predicted octanol–water partition coefficient (Wildman–Crippen LogP) is 5.34. The van der Waals surface area contributed by atoms with Gasteiger partial charge >= 0.3 is 6.18 Å². The van der Waals surface area contributed by atoms with Crippen LogP contribution in [0.2, 0.25) is 5.02 Å². The molecule has 2 amide bonds. The molecule has 2 aliphatic rings. The fraction of sp³-hybridized carbons (Fsp3) is 0.290. The quantitative estimate of drug-likeness (QED) is 0.182. The number of halogens is 4. The SMILES string of the molecule is Nc1ccccc1NC(=O)C=Cc1ccc(C(NCCN2C[C@@H]3C[C@H]2CO3)C(=O)Nc2ccc(C(F)(F)F)c(Cl)c2)cc1. The lowest BCUT2D eigenvalue weighted by atomic mass is 10.0. The molecule has 12 heteroatoms. The first-order valence-corrected chi connectivity index (χ1v) is 14.1. The molecule has 0 radical (unpaired) electrons. The van der Waals surface area contributed by atoms with Crippen molar-refractivity contribution in [3.63, 3.8) is 0 Å². The number of hydrogen-bond acceptors (Lipinski definition) is 6. The second kappa shape index (κ2) is 13.2. The molecule has 5 N–H and O–H groups in total. The number of ether oxygens (including phenoxy) is 1. The molecule has 2 fully saturated rings. The first-order chi connectivity index (χ1) is 20.6. The van der Waals surface area contributed by atoms with Gasteiger partial charge in [0.2, 0.25) is 11.8 Å². The predicted molar refractivity (Wildman–Crippen MR) is 161 cm³/mol. The van der Waals surface area contributed by atoms with Gasteiger partial charge in [-0.1, -0.05) is 48.0 Å². The molecule has 43 heavy (non-hydrogen) atoms. The first-order valence-electron chi connectivity index (χ1n) is 13.8. The number of carbonyl (C=O) groups excluding carboxylic acids is 2. The number of nitrogen functional groups attached to an aromatic ring is 1. The van der Waals surface area contributed by atoms with Crippen LogP contribution in [0.5, 0.6) is 0 Å². The smallest absolute Gasteiger partial charge is 0.397 e. The van der Waals surface area contributed by atoms with E-state index in [0.717, 1.165) is 30.7 Å². The molecule has 5 rings (SSSR count). The number of benzene rings is 3. The zero-order chi connectivity index (χ0) is 30.6. The van der Waals surface area contributed by atoms with E-state index in [2.05, 4.69) is 20.9 Å². The van der Waals surface area contributed by atoms with Crippen LogP contribution in [0.1, 0.15) is 29.2 Å². The number of carbonyl (C=O) groups is 2. The van der Waals surface area contributed by atoms with Crippen molar-refractivity contribution in [2.24, 2.45) is 0 Å². The molecule has 2 saturated heterocycles. The number of alkyl halides is 3. The molecule has 226 valence electrons. The van der Waals surface area contributed by atoms with Crippen LogP contribution < -0.4 is 21.7 Å². The normalized spacial score (nSPS) is 19.1. The lowest BCUT2D eigenvalue weighted by molar-refractivity contribution is -0.137. The van der Waals surface area contributed by atoms with Crippen molar-refractivity contribution in [1.29, 1.82) is 0 Å². The standard InChI is InChI=1S/C31H31ClF3N5O3/c32-25-15-21(10-11-24(25)31(33,34)35)38-30(42)29(37-13-14-40-17-23-16-22(40)18-43-23)20-8-5-19(6-9-20)7-12-28(41)39-27-4-2-1-3-26(27)36/h1-12,15,22-23,29,37H,13-14,16-18,36H2,(H,38,42)(H,39,41)/t22-,23-,29?/m0/s1. The van der Waals surface area contributed by atoms with E-state index in [-0.39, 0.29) is 17.7 Å². The topological polar surface area (TPSA) is 109 Å². The molecule has 0 aliphatic carbocycles. The van der Waals surface area contributed by atoms with Crippen molar-refractivity contribution in [3.05, 3.63) is 94.5 Å². The number of hydrogen-bond donors (Lipinski definition) is 4. The Morgan fingerprint density at radius 2 is 1.86 bits per heavy atom. The first kappa shape index (κ1) is 30.6. The molecule has 0 saturated carbocycles. The zero-order valence-corrected chi connectivity index (χ0v) is 23.8. The summed E-state index contributed by atoms with van der Waals surface area (Å²) < 4.78 is 45.1. The van der Waals surface area contributed by atoms with Crippen LogP contribution in [0, 0.1) is 0 Å². The van der Waals surface area contributed by atoms with Crippen LogP contribution in [0.25, 0.3) is 6.08 Å². The Morgan fingerprint density at radius 1 is 1.09 bits per heavy atom. The molecular formula is C31H31ClF3N5O3. The fourth-order valence-corrected chi connectivity index (χ4v) is 5.55. The van der Waals surface area contributed by atoms with Gasteiger partial charge in [0.25, 0.3) is 0 Å². The van der Waals surface area contributed by atoms with Crippen molar-refractivity contribution >= 4 is 46.6 Å². The van der Waals surface area contributed by atoms with Crippen LogP contribution in [0.4, 0.5) is 30.2 Å². The number of fused-ring (bicyclic) bond motifs is 2. The third kappa shape index (κ3) is 7.74. The second-order valence-corrected chi connectivity index (χ2v) is 10.9. The fourth-order valence-electron chi connectivity index (χ4n) is 5.26. The van der Waals surface area contributed by atoms with Crippen LogP contribution in [-0.4, -0.2) is 55.1 Å². The van der Waals surface area contributed by atoms with Crippen molar-refractivity contribution < 1.29 is 27.5 Å². The number of para-hydroxylation sites is 2. The van der Waals surface area contributed by atoms with Gasteiger partial charge in [-0.25, -0.2) is 0 Å². The van der Waals surface area contributed by atoms with Gasteiger partial charge in [-0.05, 0) is 54.0 Å². The molecule has 8 nitrogen and oxygen atoms in total. The van der Waals surface area contributed by atoms with E-state index in [0.29, 0.717) is 42.7 Å². The number of morpholine rings is 1. The summed E-state index contributed by atoms with van der Waals surface area (Å²) in [5, 5.41) is 8.20. The van der Waals surface area contributed by atoms with Crippen molar-refractivity contribution in [1.82, 2.24) is 10.2 Å². The van der Waals surface area contributed by atoms with E-state index in [1.54, 1.807) is 54.6 Å². The Balaban J connectivity index is 1.27. The number of nitrogens with two attached hydrogens (primary N) is 1. The number of amides is 2. The zero-order valence-electron chi connectivity index (χ0n) is 23.0. The molecule has 0 spiro atoms. The summed E-state index contributed by atoms with van der Waals surface area (Å²) in [6.45, 7) is 2.76. The Hall–Kier alpha value is -3.90. The Bertz CT molecular complexity index is 1500. The van der Waals surface area contributed by atoms with Gasteiger partial charge in [0.05, 0.1) is 34.7 Å². The number of nitrogens with one attached hydrogen (secondary N) is 3. The summed E-state index contributed by atoms with van der Waals surface area (Å²) in [7, 11) is 0. The minimum absolute atomic E-state index is 0.147.